The van der Waals surface area contributed by atoms with Crippen molar-refractivity contribution in [3.63, 3.8) is 0 Å². The zero-order chi connectivity index (χ0) is 17.9. The first-order valence-corrected chi connectivity index (χ1v) is 7.73. The second kappa shape index (κ2) is 6.86. The van der Waals surface area contributed by atoms with E-state index in [2.05, 4.69) is 24.1 Å². The quantitative estimate of drug-likeness (QED) is 0.414. The predicted molar refractivity (Wildman–Crippen MR) is 89.2 cm³/mol. The molecule has 0 aromatic heterocycles. The average molecular weight is 332 g/mol. The fourth-order valence-corrected chi connectivity index (χ4v) is 2.65. The van der Waals surface area contributed by atoms with Crippen LogP contribution in [0.3, 0.4) is 0 Å². The van der Waals surface area contributed by atoms with Gasteiger partial charge in [-0.05, 0) is 49.7 Å². The van der Waals surface area contributed by atoms with Gasteiger partial charge in [0.2, 0.25) is 0 Å². The molecule has 0 atom stereocenters. The summed E-state index contributed by atoms with van der Waals surface area (Å²) < 4.78 is 0. The minimum absolute atomic E-state index is 0.0155. The van der Waals surface area contributed by atoms with Crippen LogP contribution in [0.4, 0.5) is 17.1 Å². The lowest BCUT2D eigenvalue weighted by molar-refractivity contribution is -0.393. The third-order valence-electron chi connectivity index (χ3n) is 4.39. The largest absolute Gasteiger partial charge is 0.303 e. The minimum Gasteiger partial charge on any atom is -0.258 e. The highest BCUT2D eigenvalue weighted by Gasteiger charge is 2.24. The molecule has 0 saturated heterocycles. The summed E-state index contributed by atoms with van der Waals surface area (Å²) in [6.07, 6.45) is 4.04. The van der Waals surface area contributed by atoms with Crippen LogP contribution in [0.5, 0.6) is 0 Å². The fourth-order valence-electron chi connectivity index (χ4n) is 2.65. The minimum atomic E-state index is -0.688. The van der Waals surface area contributed by atoms with E-state index >= 15 is 0 Å². The highest BCUT2D eigenvalue weighted by atomic mass is 16.6. The third-order valence-corrected chi connectivity index (χ3v) is 4.39. The Morgan fingerprint density at radius 1 is 1.12 bits per heavy atom. The van der Waals surface area contributed by atoms with E-state index < -0.39 is 15.5 Å². The molecule has 1 aromatic rings. The maximum absolute atomic E-state index is 11.1. The van der Waals surface area contributed by atoms with Crippen molar-refractivity contribution in [2.24, 2.45) is 15.6 Å². The molecule has 8 heteroatoms. The number of hydrogen-bond acceptors (Lipinski definition) is 6. The van der Waals surface area contributed by atoms with Gasteiger partial charge in [-0.2, -0.15) is 5.11 Å². The summed E-state index contributed by atoms with van der Waals surface area (Å²) in [7, 11) is 0. The molecule has 128 valence electrons. The van der Waals surface area contributed by atoms with Crippen molar-refractivity contribution >= 4 is 17.1 Å². The van der Waals surface area contributed by atoms with Gasteiger partial charge in [0.1, 0.15) is 0 Å². The molecular formula is C16H20N4O4. The van der Waals surface area contributed by atoms with Gasteiger partial charge in [-0.3, -0.25) is 20.2 Å². The number of non-ortho nitro benzene ring substituents is 1. The molecule has 0 N–H and O–H groups in total. The van der Waals surface area contributed by atoms with E-state index in [9.17, 15) is 20.2 Å². The first-order valence-electron chi connectivity index (χ1n) is 7.73. The van der Waals surface area contributed by atoms with Gasteiger partial charge in [0, 0.05) is 6.07 Å². The molecule has 0 heterocycles. The van der Waals surface area contributed by atoms with Gasteiger partial charge in [-0.1, -0.05) is 13.8 Å². The van der Waals surface area contributed by atoms with Crippen molar-refractivity contribution in [1.29, 1.82) is 0 Å². The standard InChI is InChI=1S/C16H20N4O4/c1-11(12-6-8-16(2,3)9-7-12)17-18-14-5-4-13(19(21)22)10-15(14)20(23)24/h4-5,10H,6-9H2,1-3H3. The van der Waals surface area contributed by atoms with Crippen LogP contribution >= 0.6 is 0 Å². The summed E-state index contributed by atoms with van der Waals surface area (Å²) in [5.41, 5.74) is 1.56. The van der Waals surface area contributed by atoms with Gasteiger partial charge < -0.3 is 0 Å². The summed E-state index contributed by atoms with van der Waals surface area (Å²) in [6, 6.07) is 3.34. The number of nitrogens with zero attached hydrogens (tertiary/aromatic N) is 4. The Morgan fingerprint density at radius 2 is 1.75 bits per heavy atom. The van der Waals surface area contributed by atoms with Crippen LogP contribution in [0, 0.1) is 25.6 Å². The van der Waals surface area contributed by atoms with Gasteiger partial charge in [-0.25, -0.2) is 0 Å². The Bertz CT molecular complexity index is 726. The Hall–Kier alpha value is -2.64. The predicted octanol–water partition coefficient (Wildman–Crippen LogP) is 5.46. The average Bonchev–Trinajstić information content (AvgIpc) is 2.52. The third kappa shape index (κ3) is 4.21. The van der Waals surface area contributed by atoms with E-state index in [1.807, 2.05) is 6.92 Å². The van der Waals surface area contributed by atoms with Crippen molar-refractivity contribution < 1.29 is 9.85 Å². The second-order valence-corrected chi connectivity index (χ2v) is 6.74. The fraction of sp³-hybridized carbons (Fsp3) is 0.500. The normalized spacial score (nSPS) is 17.0. The Labute approximate surface area is 139 Å². The Balaban J connectivity index is 2.25. The molecule has 1 aliphatic rings. The molecule has 0 unspecified atom stereocenters. The molecule has 1 aliphatic carbocycles. The number of benzene rings is 1. The topological polar surface area (TPSA) is 111 Å². The van der Waals surface area contributed by atoms with Crippen molar-refractivity contribution in [3.8, 4) is 0 Å². The highest BCUT2D eigenvalue weighted by Crippen LogP contribution is 2.39. The number of azo groups is 1. The summed E-state index contributed by atoms with van der Waals surface area (Å²) in [5.74, 6) is 0. The highest BCUT2D eigenvalue weighted by molar-refractivity contribution is 5.61. The molecule has 0 radical (unpaired) electrons. The van der Waals surface area contributed by atoms with Gasteiger partial charge in [0.25, 0.3) is 5.69 Å². The summed E-state index contributed by atoms with van der Waals surface area (Å²) in [4.78, 5) is 20.5. The van der Waals surface area contributed by atoms with Crippen molar-refractivity contribution in [3.05, 3.63) is 49.7 Å². The van der Waals surface area contributed by atoms with E-state index in [4.69, 9.17) is 0 Å². The molecule has 0 amide bonds. The first-order chi connectivity index (χ1) is 11.2. The molecule has 8 nitrogen and oxygen atoms in total. The van der Waals surface area contributed by atoms with Crippen LogP contribution in [0.1, 0.15) is 46.5 Å². The number of rotatable bonds is 4. The molecular weight excluding hydrogens is 312 g/mol. The second-order valence-electron chi connectivity index (χ2n) is 6.74. The molecule has 0 spiro atoms. The Kier molecular flexibility index (Phi) is 5.06. The Morgan fingerprint density at radius 3 is 2.29 bits per heavy atom. The number of hydrogen-bond donors (Lipinski definition) is 0. The summed E-state index contributed by atoms with van der Waals surface area (Å²) in [5, 5.41) is 29.9. The van der Waals surface area contributed by atoms with Gasteiger partial charge in [0.15, 0.2) is 5.69 Å². The summed E-state index contributed by atoms with van der Waals surface area (Å²) in [6.45, 7) is 6.32. The van der Waals surface area contributed by atoms with E-state index in [1.54, 1.807) is 0 Å². The number of allylic oxidation sites excluding steroid dienone is 2. The van der Waals surface area contributed by atoms with Crippen LogP contribution in [0.25, 0.3) is 0 Å². The molecule has 1 saturated carbocycles. The zero-order valence-corrected chi connectivity index (χ0v) is 14.0. The molecule has 1 aromatic carbocycles. The van der Waals surface area contributed by atoms with Gasteiger partial charge in [0.05, 0.1) is 21.6 Å². The van der Waals surface area contributed by atoms with Crippen LogP contribution in [0.15, 0.2) is 39.7 Å². The van der Waals surface area contributed by atoms with Gasteiger partial charge in [-0.15, -0.1) is 5.11 Å². The lowest BCUT2D eigenvalue weighted by Gasteiger charge is -2.31. The van der Waals surface area contributed by atoms with Crippen molar-refractivity contribution in [2.45, 2.75) is 46.5 Å². The number of nitro benzene ring substituents is 2. The molecule has 0 aliphatic heterocycles. The molecule has 2 rings (SSSR count). The lowest BCUT2D eigenvalue weighted by atomic mass is 9.75. The van der Waals surface area contributed by atoms with Crippen molar-refractivity contribution in [2.75, 3.05) is 0 Å². The maximum atomic E-state index is 11.1. The van der Waals surface area contributed by atoms with E-state index in [0.29, 0.717) is 5.41 Å². The van der Waals surface area contributed by atoms with Crippen LogP contribution in [-0.2, 0) is 0 Å². The van der Waals surface area contributed by atoms with Gasteiger partial charge >= 0.3 is 5.69 Å². The van der Waals surface area contributed by atoms with Crippen LogP contribution in [-0.4, -0.2) is 9.85 Å². The maximum Gasteiger partial charge on any atom is 0.303 e. The lowest BCUT2D eigenvalue weighted by Crippen LogP contribution is -2.17. The monoisotopic (exact) mass is 332 g/mol. The van der Waals surface area contributed by atoms with E-state index in [0.717, 1.165) is 37.4 Å². The van der Waals surface area contributed by atoms with Crippen molar-refractivity contribution in [1.82, 2.24) is 0 Å². The van der Waals surface area contributed by atoms with E-state index in [-0.39, 0.29) is 11.4 Å². The SMILES string of the molecule is CC(N=Nc1ccc([N+](=O)[O-])cc1[N+](=O)[O-])=C1CCC(C)(C)CC1. The molecule has 1 fully saturated rings. The molecule has 0 bridgehead atoms. The molecule has 24 heavy (non-hydrogen) atoms. The number of nitro groups is 2. The first kappa shape index (κ1) is 17.7. The smallest absolute Gasteiger partial charge is 0.258 e. The van der Waals surface area contributed by atoms with E-state index in [1.165, 1.54) is 17.7 Å². The van der Waals surface area contributed by atoms with Crippen LogP contribution in [0.2, 0.25) is 0 Å². The van der Waals surface area contributed by atoms with Crippen LogP contribution < -0.4 is 0 Å². The summed E-state index contributed by atoms with van der Waals surface area (Å²) >= 11 is 0. The zero-order valence-electron chi connectivity index (χ0n) is 14.0.